The molecule has 0 radical (unpaired) electrons. The van der Waals surface area contributed by atoms with Crippen LogP contribution in [0.3, 0.4) is 0 Å². The molecule has 0 saturated carbocycles. The molecule has 0 aliphatic rings. The third-order valence-electron chi connectivity index (χ3n) is 3.82. The molecule has 4 rings (SSSR count). The Morgan fingerprint density at radius 2 is 2.07 bits per heavy atom. The van der Waals surface area contributed by atoms with E-state index in [2.05, 4.69) is 30.4 Å². The first kappa shape index (κ1) is 17.8. The third-order valence-corrected chi connectivity index (χ3v) is 4.68. The molecule has 0 spiro atoms. The number of fused-ring (bicyclic) bond motifs is 1. The molecule has 4 aromatic rings. The lowest BCUT2D eigenvalue weighted by Crippen LogP contribution is -2.36. The van der Waals surface area contributed by atoms with Crippen molar-refractivity contribution >= 4 is 33.9 Å². The molecule has 0 atom stereocenters. The number of hydrogen-bond donors (Lipinski definition) is 2. The van der Waals surface area contributed by atoms with Crippen LogP contribution in [0.2, 0.25) is 0 Å². The maximum Gasteiger partial charge on any atom is 0.314 e. The zero-order valence-electron chi connectivity index (χ0n) is 14.3. The number of benzene rings is 1. The molecular formula is C17H13FN6O3S. The highest BCUT2D eigenvalue weighted by molar-refractivity contribution is 7.15. The van der Waals surface area contributed by atoms with Gasteiger partial charge in [0.15, 0.2) is 11.6 Å². The van der Waals surface area contributed by atoms with Gasteiger partial charge in [0.25, 0.3) is 0 Å². The zero-order valence-corrected chi connectivity index (χ0v) is 15.1. The summed E-state index contributed by atoms with van der Waals surface area (Å²) >= 11 is 1.36. The number of carbonyl (C=O) groups excluding carboxylic acids is 2. The fourth-order valence-corrected chi connectivity index (χ4v) is 3.34. The Kier molecular flexibility index (Phi) is 4.81. The molecule has 0 unspecified atom stereocenters. The summed E-state index contributed by atoms with van der Waals surface area (Å²) in [6, 6.07) is 7.70. The highest BCUT2D eigenvalue weighted by Gasteiger charge is 2.16. The molecule has 0 saturated heterocycles. The fraction of sp³-hybridized carbons (Fsp3) is 0.118. The molecule has 1 aromatic carbocycles. The quantitative estimate of drug-likeness (QED) is 0.495. The minimum Gasteiger partial charge on any atom is -0.363 e. The van der Waals surface area contributed by atoms with Gasteiger partial charge in [0.1, 0.15) is 12.1 Å². The van der Waals surface area contributed by atoms with E-state index in [1.165, 1.54) is 29.7 Å². The van der Waals surface area contributed by atoms with Crippen LogP contribution in [0.5, 0.6) is 0 Å². The van der Waals surface area contributed by atoms with E-state index in [4.69, 9.17) is 0 Å². The van der Waals surface area contributed by atoms with Gasteiger partial charge in [-0.3, -0.25) is 14.9 Å². The van der Waals surface area contributed by atoms with Crippen molar-refractivity contribution in [3.05, 3.63) is 53.5 Å². The van der Waals surface area contributed by atoms with Gasteiger partial charge in [-0.1, -0.05) is 17.3 Å². The number of thiazole rings is 1. The van der Waals surface area contributed by atoms with Crippen LogP contribution in [0.4, 0.5) is 10.2 Å². The van der Waals surface area contributed by atoms with Crippen LogP contribution >= 0.6 is 11.3 Å². The number of halogens is 1. The van der Waals surface area contributed by atoms with Crippen LogP contribution in [0.15, 0.2) is 46.5 Å². The lowest BCUT2D eigenvalue weighted by molar-refractivity contribution is -0.136. The molecule has 3 aromatic heterocycles. The third kappa shape index (κ3) is 3.60. The van der Waals surface area contributed by atoms with Crippen molar-refractivity contribution in [2.24, 2.45) is 0 Å². The molecule has 0 bridgehead atoms. The number of amides is 2. The van der Waals surface area contributed by atoms with E-state index in [0.717, 1.165) is 5.69 Å². The second-order valence-corrected chi connectivity index (χ2v) is 6.52. The minimum absolute atomic E-state index is 0.156. The van der Waals surface area contributed by atoms with Crippen LogP contribution in [0.1, 0.15) is 5.69 Å². The molecule has 11 heteroatoms. The van der Waals surface area contributed by atoms with Crippen molar-refractivity contribution < 1.29 is 18.5 Å². The van der Waals surface area contributed by atoms with Gasteiger partial charge in [0, 0.05) is 24.4 Å². The van der Waals surface area contributed by atoms with Crippen molar-refractivity contribution in [2.75, 3.05) is 11.9 Å². The molecule has 3 heterocycles. The second kappa shape index (κ2) is 7.56. The van der Waals surface area contributed by atoms with Crippen LogP contribution < -0.4 is 10.6 Å². The van der Waals surface area contributed by atoms with Crippen molar-refractivity contribution in [3.63, 3.8) is 0 Å². The number of nitrogens with one attached hydrogen (secondary N) is 2. The van der Waals surface area contributed by atoms with E-state index < -0.39 is 17.6 Å². The zero-order chi connectivity index (χ0) is 19.5. The van der Waals surface area contributed by atoms with Crippen LogP contribution in [-0.2, 0) is 16.0 Å². The van der Waals surface area contributed by atoms with E-state index in [0.29, 0.717) is 22.8 Å². The van der Waals surface area contributed by atoms with E-state index in [1.54, 1.807) is 22.7 Å². The summed E-state index contributed by atoms with van der Waals surface area (Å²) in [6.45, 7) is 0.214. The second-order valence-electron chi connectivity index (χ2n) is 5.68. The van der Waals surface area contributed by atoms with E-state index >= 15 is 0 Å². The summed E-state index contributed by atoms with van der Waals surface area (Å²) in [5, 5.41) is 14.5. The number of hydrogen-bond acceptors (Lipinski definition) is 7. The predicted octanol–water partition coefficient (Wildman–Crippen LogP) is 1.88. The Morgan fingerprint density at radius 3 is 2.86 bits per heavy atom. The maximum atomic E-state index is 13.9. The number of carbonyl (C=O) groups is 2. The first-order valence-electron chi connectivity index (χ1n) is 8.19. The first-order chi connectivity index (χ1) is 13.6. The van der Waals surface area contributed by atoms with Crippen molar-refractivity contribution in [1.82, 2.24) is 25.1 Å². The average molecular weight is 400 g/mol. The molecule has 0 fully saturated rings. The SMILES string of the molecule is O=C(NCCc1csc2nc(-c3ccccc3F)nn12)C(=O)Nc1ccon1. The summed E-state index contributed by atoms with van der Waals surface area (Å²) in [4.78, 5) is 28.5. The Hall–Kier alpha value is -3.60. The van der Waals surface area contributed by atoms with Crippen molar-refractivity contribution in [3.8, 4) is 11.4 Å². The van der Waals surface area contributed by atoms with Gasteiger partial charge in [-0.15, -0.1) is 16.4 Å². The maximum absolute atomic E-state index is 13.9. The summed E-state index contributed by atoms with van der Waals surface area (Å²) in [6.07, 6.45) is 1.70. The Bertz CT molecular complexity index is 1140. The monoisotopic (exact) mass is 400 g/mol. The van der Waals surface area contributed by atoms with Gasteiger partial charge in [-0.05, 0) is 12.1 Å². The average Bonchev–Trinajstić information content (AvgIpc) is 3.40. The molecule has 0 aliphatic heterocycles. The molecular weight excluding hydrogens is 387 g/mol. The van der Waals surface area contributed by atoms with Crippen LogP contribution in [0, 0.1) is 5.82 Å². The summed E-state index contributed by atoms with van der Waals surface area (Å²) in [5.41, 5.74) is 1.11. The summed E-state index contributed by atoms with van der Waals surface area (Å²) < 4.78 is 20.1. The van der Waals surface area contributed by atoms with Gasteiger partial charge in [0.2, 0.25) is 4.96 Å². The molecule has 142 valence electrons. The number of aromatic nitrogens is 4. The smallest absolute Gasteiger partial charge is 0.314 e. The van der Waals surface area contributed by atoms with Gasteiger partial charge < -0.3 is 9.84 Å². The van der Waals surface area contributed by atoms with Gasteiger partial charge in [0.05, 0.1) is 11.3 Å². The standard InChI is InChI=1S/C17H13FN6O3S/c18-12-4-2-1-3-11(12)14-21-17-24(22-14)10(9-28-17)5-7-19-15(25)16(26)20-13-6-8-27-23-13/h1-4,6,8-9H,5,7H2,(H,19,25)(H,20,23,26). The van der Waals surface area contributed by atoms with E-state index in [9.17, 15) is 14.0 Å². The number of anilines is 1. The Balaban J connectivity index is 1.39. The fourth-order valence-electron chi connectivity index (χ4n) is 2.49. The molecule has 2 amide bonds. The lowest BCUT2D eigenvalue weighted by atomic mass is 10.2. The topological polar surface area (TPSA) is 114 Å². The molecule has 9 nitrogen and oxygen atoms in total. The molecule has 2 N–H and O–H groups in total. The first-order valence-corrected chi connectivity index (χ1v) is 9.07. The largest absolute Gasteiger partial charge is 0.363 e. The van der Waals surface area contributed by atoms with Gasteiger partial charge in [-0.25, -0.2) is 8.91 Å². The lowest BCUT2D eigenvalue weighted by Gasteiger charge is -2.04. The van der Waals surface area contributed by atoms with E-state index in [-0.39, 0.29) is 12.4 Å². The summed E-state index contributed by atoms with van der Waals surface area (Å²) in [5.74, 6) is -1.58. The molecule has 0 aliphatic carbocycles. The van der Waals surface area contributed by atoms with E-state index in [1.807, 2.05) is 5.38 Å². The highest BCUT2D eigenvalue weighted by atomic mass is 32.1. The van der Waals surface area contributed by atoms with Gasteiger partial charge >= 0.3 is 11.8 Å². The number of rotatable bonds is 5. The Labute approximate surface area is 161 Å². The van der Waals surface area contributed by atoms with Crippen molar-refractivity contribution in [2.45, 2.75) is 6.42 Å². The normalized spacial score (nSPS) is 10.9. The van der Waals surface area contributed by atoms with Crippen LogP contribution in [-0.4, -0.2) is 38.1 Å². The predicted molar refractivity (Wildman–Crippen MR) is 98.1 cm³/mol. The highest BCUT2D eigenvalue weighted by Crippen LogP contribution is 2.23. The van der Waals surface area contributed by atoms with Crippen molar-refractivity contribution in [1.29, 1.82) is 0 Å². The van der Waals surface area contributed by atoms with Gasteiger partial charge in [-0.2, -0.15) is 4.98 Å². The summed E-state index contributed by atoms with van der Waals surface area (Å²) in [7, 11) is 0. The number of nitrogens with zero attached hydrogens (tertiary/aromatic N) is 4. The minimum atomic E-state index is -0.841. The van der Waals surface area contributed by atoms with Crippen LogP contribution in [0.25, 0.3) is 16.3 Å². The molecule has 28 heavy (non-hydrogen) atoms. The Morgan fingerprint density at radius 1 is 1.21 bits per heavy atom.